The molecule has 2 atom stereocenters. The molecule has 1 aromatic rings. The minimum atomic E-state index is -0.214. The molecule has 0 heterocycles. The van der Waals surface area contributed by atoms with Crippen molar-refractivity contribution >= 4 is 29.1 Å². The van der Waals surface area contributed by atoms with Gasteiger partial charge in [-0.25, -0.2) is 0 Å². The van der Waals surface area contributed by atoms with Crippen molar-refractivity contribution in [2.45, 2.75) is 57.9 Å². The fourth-order valence-corrected chi connectivity index (χ4v) is 3.63. The lowest BCUT2D eigenvalue weighted by Gasteiger charge is -2.16. The molecule has 24 heavy (non-hydrogen) atoms. The maximum Gasteiger partial charge on any atom is 0.228 e. The first-order valence-electron chi connectivity index (χ1n) is 8.92. The van der Waals surface area contributed by atoms with Crippen LogP contribution in [0, 0.1) is 18.8 Å². The number of halogens is 1. The minimum absolute atomic E-state index is 0.0462. The Morgan fingerprint density at radius 1 is 1.04 bits per heavy atom. The van der Waals surface area contributed by atoms with Crippen LogP contribution in [0.2, 0.25) is 5.02 Å². The summed E-state index contributed by atoms with van der Waals surface area (Å²) in [6.45, 7) is 1.93. The number of rotatable bonds is 4. The van der Waals surface area contributed by atoms with Crippen LogP contribution in [-0.2, 0) is 9.59 Å². The molecule has 2 N–H and O–H groups in total. The minimum Gasteiger partial charge on any atom is -0.353 e. The highest BCUT2D eigenvalue weighted by molar-refractivity contribution is 6.31. The summed E-state index contributed by atoms with van der Waals surface area (Å²) in [5, 5.41) is 6.65. The van der Waals surface area contributed by atoms with Gasteiger partial charge in [0.05, 0.1) is 11.8 Å². The molecule has 2 unspecified atom stereocenters. The zero-order valence-corrected chi connectivity index (χ0v) is 14.9. The predicted octanol–water partition coefficient (Wildman–Crippen LogP) is 4.06. The summed E-state index contributed by atoms with van der Waals surface area (Å²) in [5.41, 5.74) is 1.69. The van der Waals surface area contributed by atoms with Crippen molar-refractivity contribution in [1.29, 1.82) is 0 Å². The first-order chi connectivity index (χ1) is 11.5. The molecule has 0 aromatic heterocycles. The molecule has 2 aliphatic rings. The Balaban J connectivity index is 1.51. The van der Waals surface area contributed by atoms with Crippen LogP contribution < -0.4 is 10.6 Å². The Morgan fingerprint density at radius 3 is 2.42 bits per heavy atom. The van der Waals surface area contributed by atoms with E-state index in [-0.39, 0.29) is 23.7 Å². The summed E-state index contributed by atoms with van der Waals surface area (Å²) >= 11 is 5.98. The maximum atomic E-state index is 12.4. The lowest BCUT2D eigenvalue weighted by atomic mass is 10.1. The van der Waals surface area contributed by atoms with Gasteiger partial charge >= 0.3 is 0 Å². The molecule has 2 aliphatic carbocycles. The highest BCUT2D eigenvalue weighted by Crippen LogP contribution is 2.40. The molecule has 130 valence electrons. The summed E-state index contributed by atoms with van der Waals surface area (Å²) < 4.78 is 0. The molecule has 0 aliphatic heterocycles. The number of nitrogens with one attached hydrogen (secondary N) is 2. The standard InChI is InChI=1S/C19H25ClN2O2/c1-12-8-9-13(20)10-17(12)22-19(24)16-11-15(16)18(23)21-14-6-4-2-3-5-7-14/h8-10,14-16H,2-7,11H2,1H3,(H,21,23)(H,22,24). The van der Waals surface area contributed by atoms with E-state index in [1.54, 1.807) is 12.1 Å². The SMILES string of the molecule is Cc1ccc(Cl)cc1NC(=O)C1CC1C(=O)NC1CCCCCC1. The molecule has 2 fully saturated rings. The molecule has 5 heteroatoms. The van der Waals surface area contributed by atoms with Crippen LogP contribution in [0.25, 0.3) is 0 Å². The maximum absolute atomic E-state index is 12.4. The zero-order chi connectivity index (χ0) is 17.1. The van der Waals surface area contributed by atoms with Gasteiger partial charge in [0.2, 0.25) is 11.8 Å². The molecule has 4 nitrogen and oxygen atoms in total. The Morgan fingerprint density at radius 2 is 1.71 bits per heavy atom. The second kappa shape index (κ2) is 7.56. The first-order valence-corrected chi connectivity index (χ1v) is 9.30. The van der Waals surface area contributed by atoms with E-state index < -0.39 is 0 Å². The Bertz CT molecular complexity index is 624. The van der Waals surface area contributed by atoms with E-state index in [2.05, 4.69) is 10.6 Å². The van der Waals surface area contributed by atoms with Crippen LogP contribution >= 0.6 is 11.6 Å². The molecule has 0 bridgehead atoms. The van der Waals surface area contributed by atoms with E-state index in [9.17, 15) is 9.59 Å². The summed E-state index contributed by atoms with van der Waals surface area (Å²) in [4.78, 5) is 24.7. The quantitative estimate of drug-likeness (QED) is 0.806. The number of carbonyl (C=O) groups excluding carboxylic acids is 2. The third-order valence-electron chi connectivity index (χ3n) is 5.12. The highest BCUT2D eigenvalue weighted by Gasteiger charge is 2.48. The molecular weight excluding hydrogens is 324 g/mol. The summed E-state index contributed by atoms with van der Waals surface area (Å²) in [6, 6.07) is 5.71. The number of hydrogen-bond donors (Lipinski definition) is 2. The van der Waals surface area contributed by atoms with E-state index >= 15 is 0 Å². The van der Waals surface area contributed by atoms with Gasteiger partial charge < -0.3 is 10.6 Å². The van der Waals surface area contributed by atoms with Gasteiger partial charge in [-0.3, -0.25) is 9.59 Å². The lowest BCUT2D eigenvalue weighted by Crippen LogP contribution is -2.36. The monoisotopic (exact) mass is 348 g/mol. The van der Waals surface area contributed by atoms with Crippen LogP contribution in [0.15, 0.2) is 18.2 Å². The van der Waals surface area contributed by atoms with Gasteiger partial charge in [0.1, 0.15) is 0 Å². The second-order valence-corrected chi connectivity index (χ2v) is 7.53. The summed E-state index contributed by atoms with van der Waals surface area (Å²) in [5.74, 6) is -0.423. The molecule has 1 aromatic carbocycles. The topological polar surface area (TPSA) is 58.2 Å². The molecule has 0 radical (unpaired) electrons. The van der Waals surface area contributed by atoms with Crippen LogP contribution in [0.1, 0.15) is 50.5 Å². The molecule has 2 saturated carbocycles. The number of hydrogen-bond acceptors (Lipinski definition) is 2. The first kappa shape index (κ1) is 17.3. The largest absolute Gasteiger partial charge is 0.353 e. The van der Waals surface area contributed by atoms with Gasteiger partial charge in [-0.2, -0.15) is 0 Å². The Labute approximate surface area is 148 Å². The lowest BCUT2D eigenvalue weighted by molar-refractivity contribution is -0.125. The van der Waals surface area contributed by atoms with Gasteiger partial charge in [0.15, 0.2) is 0 Å². The third kappa shape index (κ3) is 4.29. The number of aryl methyl sites for hydroxylation is 1. The fourth-order valence-electron chi connectivity index (χ4n) is 3.46. The van der Waals surface area contributed by atoms with Crippen LogP contribution in [0.5, 0.6) is 0 Å². The predicted molar refractivity (Wildman–Crippen MR) is 96.0 cm³/mol. The van der Waals surface area contributed by atoms with E-state index in [1.165, 1.54) is 25.7 Å². The van der Waals surface area contributed by atoms with Crippen molar-refractivity contribution in [3.8, 4) is 0 Å². The van der Waals surface area contributed by atoms with Crippen molar-refractivity contribution < 1.29 is 9.59 Å². The highest BCUT2D eigenvalue weighted by atomic mass is 35.5. The Kier molecular flexibility index (Phi) is 5.44. The zero-order valence-electron chi connectivity index (χ0n) is 14.1. The van der Waals surface area contributed by atoms with Crippen molar-refractivity contribution in [3.63, 3.8) is 0 Å². The number of benzene rings is 1. The third-order valence-corrected chi connectivity index (χ3v) is 5.36. The fraction of sp³-hybridized carbons (Fsp3) is 0.579. The van der Waals surface area contributed by atoms with Gasteiger partial charge in [0, 0.05) is 16.8 Å². The average Bonchev–Trinajstić information content (AvgIpc) is 3.35. The second-order valence-electron chi connectivity index (χ2n) is 7.09. The van der Waals surface area contributed by atoms with E-state index in [4.69, 9.17) is 11.6 Å². The normalized spacial score (nSPS) is 24.1. The van der Waals surface area contributed by atoms with E-state index in [0.29, 0.717) is 17.5 Å². The number of carbonyl (C=O) groups is 2. The van der Waals surface area contributed by atoms with Gasteiger partial charge in [-0.1, -0.05) is 43.4 Å². The molecule has 0 spiro atoms. The average molecular weight is 349 g/mol. The number of anilines is 1. The van der Waals surface area contributed by atoms with Crippen molar-refractivity contribution in [2.24, 2.45) is 11.8 Å². The van der Waals surface area contributed by atoms with E-state index in [1.807, 2.05) is 13.0 Å². The summed E-state index contributed by atoms with van der Waals surface area (Å²) in [7, 11) is 0. The molecule has 3 rings (SSSR count). The molecule has 0 saturated heterocycles. The van der Waals surface area contributed by atoms with Crippen LogP contribution in [0.3, 0.4) is 0 Å². The Hall–Kier alpha value is -1.55. The van der Waals surface area contributed by atoms with Gasteiger partial charge in [-0.05, 0) is 43.9 Å². The van der Waals surface area contributed by atoms with E-state index in [0.717, 1.165) is 24.1 Å². The van der Waals surface area contributed by atoms with Gasteiger partial charge in [0.25, 0.3) is 0 Å². The van der Waals surface area contributed by atoms with Crippen LogP contribution in [-0.4, -0.2) is 17.9 Å². The van der Waals surface area contributed by atoms with Crippen molar-refractivity contribution in [2.75, 3.05) is 5.32 Å². The van der Waals surface area contributed by atoms with Gasteiger partial charge in [-0.15, -0.1) is 0 Å². The van der Waals surface area contributed by atoms with Crippen molar-refractivity contribution in [1.82, 2.24) is 5.32 Å². The van der Waals surface area contributed by atoms with Crippen molar-refractivity contribution in [3.05, 3.63) is 28.8 Å². The number of amides is 2. The summed E-state index contributed by atoms with van der Waals surface area (Å²) in [6.07, 6.45) is 7.68. The molecular formula is C19H25ClN2O2. The molecule has 2 amide bonds. The van der Waals surface area contributed by atoms with Crippen LogP contribution in [0.4, 0.5) is 5.69 Å². The smallest absolute Gasteiger partial charge is 0.228 e.